The molecule has 0 aliphatic rings. The third-order valence-electron chi connectivity index (χ3n) is 2.68. The van der Waals surface area contributed by atoms with Gasteiger partial charge in [-0.05, 0) is 6.07 Å². The van der Waals surface area contributed by atoms with Crippen molar-refractivity contribution in [3.8, 4) is 0 Å². The predicted octanol–water partition coefficient (Wildman–Crippen LogP) is 1.85. The molecule has 1 rings (SSSR count). The summed E-state index contributed by atoms with van der Waals surface area (Å²) >= 11 is 0. The molecule has 10 heteroatoms. The van der Waals surface area contributed by atoms with E-state index < -0.39 is 16.2 Å². The lowest BCUT2D eigenvalue weighted by molar-refractivity contribution is 0.589. The van der Waals surface area contributed by atoms with Crippen LogP contribution in [0.5, 0.6) is 0 Å². The highest BCUT2D eigenvalue weighted by atomic mass is 32.2. The number of nitrogens with zero attached hydrogens (tertiary/aromatic N) is 3. The van der Waals surface area contributed by atoms with Crippen molar-refractivity contribution in [1.29, 1.82) is 16.5 Å². The SMILES string of the molecule is CN=CCC(=N)c1cccc(S(N)(=O)=O)c1C(N=N)N=N. The van der Waals surface area contributed by atoms with Gasteiger partial charge in [0.25, 0.3) is 0 Å². The zero-order chi connectivity index (χ0) is 16.0. The van der Waals surface area contributed by atoms with Crippen LogP contribution in [-0.4, -0.2) is 27.4 Å². The molecule has 0 fully saturated rings. The van der Waals surface area contributed by atoms with Crippen molar-refractivity contribution in [2.75, 3.05) is 7.05 Å². The van der Waals surface area contributed by atoms with Crippen LogP contribution in [0, 0.1) is 16.5 Å². The summed E-state index contributed by atoms with van der Waals surface area (Å²) in [4.78, 5) is 3.46. The Kier molecular flexibility index (Phi) is 5.50. The molecule has 0 saturated carbocycles. The standard InChI is InChI=1S/C11H15N7O2S/c1-16-6-5-8(12)7-3-2-4-9(21(15,19)20)10(7)11(17-13)18-14/h2-4,6,11-14H,5H2,1H3,(H2,15,19,20). The lowest BCUT2D eigenvalue weighted by atomic mass is 9.99. The van der Waals surface area contributed by atoms with Crippen LogP contribution in [0.2, 0.25) is 0 Å². The zero-order valence-electron chi connectivity index (χ0n) is 11.2. The van der Waals surface area contributed by atoms with Crippen molar-refractivity contribution in [3.63, 3.8) is 0 Å². The van der Waals surface area contributed by atoms with E-state index in [-0.39, 0.29) is 28.2 Å². The Morgan fingerprint density at radius 2 is 2.00 bits per heavy atom. The summed E-state index contributed by atoms with van der Waals surface area (Å²) in [6, 6.07) is 4.17. The average Bonchev–Trinajstić information content (AvgIpc) is 2.45. The van der Waals surface area contributed by atoms with E-state index in [0.29, 0.717) is 0 Å². The van der Waals surface area contributed by atoms with E-state index in [1.165, 1.54) is 24.4 Å². The van der Waals surface area contributed by atoms with Crippen molar-refractivity contribution in [3.05, 3.63) is 29.3 Å². The number of nitrogens with two attached hydrogens (primary N) is 1. The molecule has 0 heterocycles. The first-order chi connectivity index (χ1) is 9.86. The Bertz CT molecular complexity index is 689. The number of rotatable bonds is 7. The Morgan fingerprint density at radius 1 is 1.38 bits per heavy atom. The van der Waals surface area contributed by atoms with Crippen LogP contribution in [-0.2, 0) is 10.0 Å². The molecule has 0 aliphatic carbocycles. The van der Waals surface area contributed by atoms with Crippen LogP contribution in [0.1, 0.15) is 23.7 Å². The fourth-order valence-corrected chi connectivity index (χ4v) is 2.56. The van der Waals surface area contributed by atoms with Crippen LogP contribution >= 0.6 is 0 Å². The van der Waals surface area contributed by atoms with Gasteiger partial charge >= 0.3 is 0 Å². The van der Waals surface area contributed by atoms with Crippen LogP contribution in [0.4, 0.5) is 0 Å². The molecule has 5 N–H and O–H groups in total. The number of sulfonamides is 1. The number of hydrogen-bond acceptors (Lipinski definition) is 8. The van der Waals surface area contributed by atoms with Gasteiger partial charge < -0.3 is 10.4 Å². The number of aliphatic imine (C=N–C) groups is 1. The Labute approximate surface area is 121 Å². The summed E-state index contributed by atoms with van der Waals surface area (Å²) in [6.45, 7) is 0. The summed E-state index contributed by atoms with van der Waals surface area (Å²) in [5.41, 5.74) is 14.4. The zero-order valence-corrected chi connectivity index (χ0v) is 12.1. The Hall–Kier alpha value is -2.33. The van der Waals surface area contributed by atoms with Crippen LogP contribution in [0.3, 0.4) is 0 Å². The van der Waals surface area contributed by atoms with E-state index in [1.807, 2.05) is 0 Å². The molecule has 0 bridgehead atoms. The summed E-state index contributed by atoms with van der Waals surface area (Å²) in [7, 11) is -2.54. The van der Waals surface area contributed by atoms with Gasteiger partial charge in [-0.2, -0.15) is 10.2 Å². The Morgan fingerprint density at radius 3 is 2.48 bits per heavy atom. The molecule has 0 spiro atoms. The van der Waals surface area contributed by atoms with E-state index in [0.717, 1.165) is 0 Å². The highest BCUT2D eigenvalue weighted by molar-refractivity contribution is 7.89. The van der Waals surface area contributed by atoms with Gasteiger partial charge in [0.2, 0.25) is 16.2 Å². The molecule has 112 valence electrons. The van der Waals surface area contributed by atoms with Crippen molar-refractivity contribution in [2.24, 2.45) is 20.4 Å². The first-order valence-electron chi connectivity index (χ1n) is 5.74. The fourth-order valence-electron chi connectivity index (χ4n) is 1.77. The van der Waals surface area contributed by atoms with Gasteiger partial charge in [-0.3, -0.25) is 0 Å². The number of nitrogens with one attached hydrogen (secondary N) is 3. The second kappa shape index (κ2) is 6.90. The van der Waals surface area contributed by atoms with Gasteiger partial charge in [0.05, 0.1) is 4.90 Å². The number of benzene rings is 1. The molecular weight excluding hydrogens is 294 g/mol. The molecule has 1 aromatic rings. The largest absolute Gasteiger partial charge is 0.304 e. The lowest BCUT2D eigenvalue weighted by Gasteiger charge is -2.15. The topological polar surface area (TPSA) is 169 Å². The summed E-state index contributed by atoms with van der Waals surface area (Å²) in [6.07, 6.45) is 0.300. The van der Waals surface area contributed by atoms with Crippen molar-refractivity contribution >= 4 is 21.9 Å². The predicted molar refractivity (Wildman–Crippen MR) is 76.7 cm³/mol. The van der Waals surface area contributed by atoms with Gasteiger partial charge in [0.1, 0.15) is 0 Å². The number of primary sulfonamides is 1. The van der Waals surface area contributed by atoms with Crippen molar-refractivity contribution < 1.29 is 8.42 Å². The van der Waals surface area contributed by atoms with Gasteiger partial charge in [-0.1, -0.05) is 12.1 Å². The van der Waals surface area contributed by atoms with Gasteiger partial charge in [-0.15, -0.1) is 0 Å². The molecule has 0 aromatic heterocycles. The molecule has 9 nitrogen and oxygen atoms in total. The third-order valence-corrected chi connectivity index (χ3v) is 3.65. The maximum Gasteiger partial charge on any atom is 0.238 e. The molecule has 0 unspecified atom stereocenters. The number of hydrogen-bond donors (Lipinski definition) is 4. The van der Waals surface area contributed by atoms with E-state index in [9.17, 15) is 8.42 Å². The average molecular weight is 309 g/mol. The first kappa shape index (κ1) is 16.7. The van der Waals surface area contributed by atoms with Gasteiger partial charge in [0.15, 0.2) is 0 Å². The van der Waals surface area contributed by atoms with Crippen LogP contribution in [0.25, 0.3) is 0 Å². The first-order valence-corrected chi connectivity index (χ1v) is 7.28. The lowest BCUT2D eigenvalue weighted by Crippen LogP contribution is -2.18. The van der Waals surface area contributed by atoms with E-state index in [4.69, 9.17) is 21.6 Å². The molecule has 0 aliphatic heterocycles. The second-order valence-electron chi connectivity index (χ2n) is 4.02. The maximum atomic E-state index is 11.7. The Balaban J connectivity index is 3.61. The van der Waals surface area contributed by atoms with E-state index in [1.54, 1.807) is 7.05 Å². The minimum atomic E-state index is -4.09. The summed E-state index contributed by atoms with van der Waals surface area (Å²) in [5.74, 6) is 0. The van der Waals surface area contributed by atoms with Crippen LogP contribution < -0.4 is 5.14 Å². The molecule has 0 amide bonds. The second-order valence-corrected chi connectivity index (χ2v) is 5.55. The minimum Gasteiger partial charge on any atom is -0.304 e. The fraction of sp³-hybridized carbons (Fsp3) is 0.273. The van der Waals surface area contributed by atoms with Crippen molar-refractivity contribution in [2.45, 2.75) is 17.5 Å². The molecule has 0 atom stereocenters. The minimum absolute atomic E-state index is 0.0421. The highest BCUT2D eigenvalue weighted by Crippen LogP contribution is 2.29. The van der Waals surface area contributed by atoms with Crippen molar-refractivity contribution in [1.82, 2.24) is 0 Å². The quantitative estimate of drug-likeness (QED) is 0.445. The summed E-state index contributed by atoms with van der Waals surface area (Å²) in [5, 5.41) is 19.4. The van der Waals surface area contributed by atoms with E-state index in [2.05, 4.69) is 15.2 Å². The molecular formula is C11H15N7O2S. The van der Waals surface area contributed by atoms with E-state index >= 15 is 0 Å². The molecule has 0 saturated heterocycles. The smallest absolute Gasteiger partial charge is 0.238 e. The maximum absolute atomic E-state index is 11.7. The van der Waals surface area contributed by atoms with Gasteiger partial charge in [-0.25, -0.2) is 24.6 Å². The molecule has 1 aromatic carbocycles. The third kappa shape index (κ3) is 3.83. The summed E-state index contributed by atoms with van der Waals surface area (Å²) < 4.78 is 23.3. The van der Waals surface area contributed by atoms with Crippen LogP contribution in [0.15, 0.2) is 38.3 Å². The normalized spacial score (nSPS) is 13.0. The monoisotopic (exact) mass is 309 g/mol. The highest BCUT2D eigenvalue weighted by Gasteiger charge is 2.25. The van der Waals surface area contributed by atoms with Gasteiger partial charge in [0, 0.05) is 36.5 Å². The molecule has 21 heavy (non-hydrogen) atoms. The molecule has 0 radical (unpaired) electrons.